The summed E-state index contributed by atoms with van der Waals surface area (Å²) < 4.78 is 7.72. The van der Waals surface area contributed by atoms with Gasteiger partial charge in [0.1, 0.15) is 0 Å². The fourth-order valence-corrected chi connectivity index (χ4v) is 3.71. The van der Waals surface area contributed by atoms with Crippen molar-refractivity contribution in [3.05, 3.63) is 48.3 Å². The van der Waals surface area contributed by atoms with Gasteiger partial charge in [0, 0.05) is 29.1 Å². The molecule has 0 radical (unpaired) electrons. The lowest BCUT2D eigenvalue weighted by Gasteiger charge is -2.21. The van der Waals surface area contributed by atoms with Crippen LogP contribution in [0.3, 0.4) is 0 Å². The number of alkyl halides is 1. The van der Waals surface area contributed by atoms with E-state index in [1.54, 1.807) is 0 Å². The lowest BCUT2D eigenvalue weighted by atomic mass is 9.93. The summed E-state index contributed by atoms with van der Waals surface area (Å²) in [7, 11) is 0. The van der Waals surface area contributed by atoms with Gasteiger partial charge in [-0.1, -0.05) is 41.1 Å². The van der Waals surface area contributed by atoms with Gasteiger partial charge in [0.2, 0.25) is 0 Å². The molecule has 0 bridgehead atoms. The van der Waals surface area contributed by atoms with Crippen LogP contribution in [-0.4, -0.2) is 22.5 Å². The maximum absolute atomic E-state index is 5.79. The Kier molecular flexibility index (Phi) is 4.22. The summed E-state index contributed by atoms with van der Waals surface area (Å²) in [6.07, 6.45) is 6.61. The molecule has 4 heteroatoms. The topological polar surface area (TPSA) is 27.1 Å². The van der Waals surface area contributed by atoms with E-state index in [9.17, 15) is 0 Å². The van der Waals surface area contributed by atoms with Gasteiger partial charge in [-0.2, -0.15) is 5.10 Å². The van der Waals surface area contributed by atoms with Crippen molar-refractivity contribution in [3.8, 4) is 5.69 Å². The third kappa shape index (κ3) is 2.67. The Morgan fingerprint density at radius 3 is 2.95 bits per heavy atom. The minimum absolute atomic E-state index is 0.312. The highest BCUT2D eigenvalue weighted by Gasteiger charge is 2.33. The third-order valence-electron chi connectivity index (χ3n) is 3.98. The molecule has 0 N–H and O–H groups in total. The second-order valence-corrected chi connectivity index (χ2v) is 6.21. The molecule has 3 unspecified atom stereocenters. The van der Waals surface area contributed by atoms with Crippen LogP contribution >= 0.6 is 15.9 Å². The van der Waals surface area contributed by atoms with Crippen LogP contribution in [0.5, 0.6) is 0 Å². The van der Waals surface area contributed by atoms with Crippen LogP contribution in [0.2, 0.25) is 0 Å². The van der Waals surface area contributed by atoms with Gasteiger partial charge in [-0.15, -0.1) is 0 Å². The van der Waals surface area contributed by atoms with Gasteiger partial charge in [-0.3, -0.25) is 0 Å². The lowest BCUT2D eigenvalue weighted by molar-refractivity contribution is 0.0873. The smallest absolute Gasteiger partial charge is 0.0645 e. The molecule has 1 fully saturated rings. The first kappa shape index (κ1) is 13.8. The Labute approximate surface area is 128 Å². The summed E-state index contributed by atoms with van der Waals surface area (Å²) in [5, 5.41) is 4.48. The number of hydrogen-bond acceptors (Lipinski definition) is 2. The molecule has 20 heavy (non-hydrogen) atoms. The van der Waals surface area contributed by atoms with Crippen LogP contribution in [0.1, 0.15) is 30.2 Å². The van der Waals surface area contributed by atoms with Crippen LogP contribution in [-0.2, 0) is 4.74 Å². The van der Waals surface area contributed by atoms with E-state index in [0.717, 1.165) is 25.1 Å². The van der Waals surface area contributed by atoms with Crippen LogP contribution in [0, 0.1) is 5.92 Å². The molecule has 1 saturated heterocycles. The molecule has 1 aromatic heterocycles. The Balaban J connectivity index is 1.80. The second-order valence-electron chi connectivity index (χ2n) is 5.23. The molecule has 3 nitrogen and oxygen atoms in total. The maximum atomic E-state index is 5.79. The van der Waals surface area contributed by atoms with Gasteiger partial charge in [0.25, 0.3) is 0 Å². The van der Waals surface area contributed by atoms with Crippen molar-refractivity contribution in [3.63, 3.8) is 0 Å². The van der Waals surface area contributed by atoms with Crippen LogP contribution < -0.4 is 0 Å². The fourth-order valence-electron chi connectivity index (χ4n) is 2.87. The molecule has 0 aliphatic carbocycles. The number of aromatic nitrogens is 2. The number of nitrogens with zero attached hydrogens (tertiary/aromatic N) is 2. The summed E-state index contributed by atoms with van der Waals surface area (Å²) in [6.45, 7) is 3.06. The predicted octanol–water partition coefficient (Wildman–Crippen LogP) is 4.12. The SMILES string of the molecule is CCC1OCCC1C(Br)c1cnn(-c2ccccc2)c1. The van der Waals surface area contributed by atoms with E-state index >= 15 is 0 Å². The van der Waals surface area contributed by atoms with Crippen LogP contribution in [0.25, 0.3) is 5.69 Å². The molecule has 1 aromatic carbocycles. The molecule has 0 spiro atoms. The largest absolute Gasteiger partial charge is 0.378 e. The Bertz CT molecular complexity index is 555. The van der Waals surface area contributed by atoms with E-state index in [4.69, 9.17) is 4.74 Å². The van der Waals surface area contributed by atoms with Crippen LogP contribution in [0.15, 0.2) is 42.7 Å². The fraction of sp³-hybridized carbons (Fsp3) is 0.438. The van der Waals surface area contributed by atoms with Crippen molar-refractivity contribution in [2.24, 2.45) is 5.92 Å². The van der Waals surface area contributed by atoms with Crippen molar-refractivity contribution < 1.29 is 4.74 Å². The zero-order valence-electron chi connectivity index (χ0n) is 11.6. The van der Waals surface area contributed by atoms with Crippen molar-refractivity contribution in [1.82, 2.24) is 9.78 Å². The first-order chi connectivity index (χ1) is 9.79. The van der Waals surface area contributed by atoms with E-state index in [1.165, 1.54) is 5.56 Å². The summed E-state index contributed by atoms with van der Waals surface area (Å²) >= 11 is 3.85. The highest BCUT2D eigenvalue weighted by Crippen LogP contribution is 2.40. The number of rotatable bonds is 4. The van der Waals surface area contributed by atoms with Gasteiger partial charge in [-0.25, -0.2) is 4.68 Å². The quantitative estimate of drug-likeness (QED) is 0.786. The minimum Gasteiger partial charge on any atom is -0.378 e. The van der Waals surface area contributed by atoms with Gasteiger partial charge < -0.3 is 4.74 Å². The van der Waals surface area contributed by atoms with Crippen molar-refractivity contribution in [2.75, 3.05) is 6.61 Å². The Morgan fingerprint density at radius 1 is 1.40 bits per heavy atom. The second kappa shape index (κ2) is 6.10. The first-order valence-electron chi connectivity index (χ1n) is 7.15. The Hall–Kier alpha value is -1.13. The number of hydrogen-bond donors (Lipinski definition) is 0. The van der Waals surface area contributed by atoms with Gasteiger partial charge >= 0.3 is 0 Å². The monoisotopic (exact) mass is 334 g/mol. The average Bonchev–Trinajstić information content (AvgIpc) is 3.16. The van der Waals surface area contributed by atoms with Crippen molar-refractivity contribution in [1.29, 1.82) is 0 Å². The van der Waals surface area contributed by atoms with Crippen molar-refractivity contribution in [2.45, 2.75) is 30.7 Å². The van der Waals surface area contributed by atoms with Gasteiger partial charge in [0.15, 0.2) is 0 Å². The molecule has 0 saturated carbocycles. The Morgan fingerprint density at radius 2 is 2.20 bits per heavy atom. The zero-order chi connectivity index (χ0) is 13.9. The number of benzene rings is 1. The number of para-hydroxylation sites is 1. The maximum Gasteiger partial charge on any atom is 0.0645 e. The van der Waals surface area contributed by atoms with E-state index in [1.807, 2.05) is 29.1 Å². The summed E-state index contributed by atoms with van der Waals surface area (Å²) in [6, 6.07) is 10.2. The molecule has 2 heterocycles. The molecule has 1 aliphatic rings. The molecular weight excluding hydrogens is 316 g/mol. The van der Waals surface area contributed by atoms with E-state index in [-0.39, 0.29) is 0 Å². The van der Waals surface area contributed by atoms with Gasteiger partial charge in [0.05, 0.1) is 18.0 Å². The molecular formula is C16H19BrN2O. The molecule has 3 atom stereocenters. The highest BCUT2D eigenvalue weighted by atomic mass is 79.9. The summed E-state index contributed by atoms with van der Waals surface area (Å²) in [5.41, 5.74) is 2.32. The number of halogens is 1. The van der Waals surface area contributed by atoms with E-state index in [2.05, 4.69) is 46.3 Å². The third-order valence-corrected chi connectivity index (χ3v) is 5.19. The molecule has 3 rings (SSSR count). The summed E-state index contributed by atoms with van der Waals surface area (Å²) in [4.78, 5) is 0.312. The predicted molar refractivity (Wildman–Crippen MR) is 83.4 cm³/mol. The van der Waals surface area contributed by atoms with E-state index in [0.29, 0.717) is 16.8 Å². The molecule has 1 aliphatic heterocycles. The molecule has 106 valence electrons. The lowest BCUT2D eigenvalue weighted by Crippen LogP contribution is -2.18. The molecule has 2 aromatic rings. The average molecular weight is 335 g/mol. The minimum atomic E-state index is 0.312. The zero-order valence-corrected chi connectivity index (χ0v) is 13.2. The van der Waals surface area contributed by atoms with Gasteiger partial charge in [-0.05, 0) is 25.0 Å². The molecule has 0 amide bonds. The normalized spacial score (nSPS) is 23.9. The summed E-state index contributed by atoms with van der Waals surface area (Å²) in [5.74, 6) is 0.536. The standard InChI is InChI=1S/C16H19BrN2O/c1-2-15-14(8-9-20-15)16(17)12-10-18-19(11-12)13-6-4-3-5-7-13/h3-7,10-11,14-16H,2,8-9H2,1H3. The van der Waals surface area contributed by atoms with E-state index < -0.39 is 0 Å². The van der Waals surface area contributed by atoms with Crippen LogP contribution in [0.4, 0.5) is 0 Å². The van der Waals surface area contributed by atoms with Crippen molar-refractivity contribution >= 4 is 15.9 Å². The number of ether oxygens (including phenoxy) is 1. The first-order valence-corrected chi connectivity index (χ1v) is 8.07. The highest BCUT2D eigenvalue weighted by molar-refractivity contribution is 9.09.